The Labute approximate surface area is 146 Å². The maximum Gasteiger partial charge on any atom is 0.267 e. The van der Waals surface area contributed by atoms with Crippen molar-refractivity contribution < 1.29 is 14.4 Å². The van der Waals surface area contributed by atoms with E-state index in [9.17, 15) is 4.79 Å². The van der Waals surface area contributed by atoms with Gasteiger partial charge >= 0.3 is 0 Å². The first-order valence-corrected chi connectivity index (χ1v) is 8.55. The van der Waals surface area contributed by atoms with Gasteiger partial charge < -0.3 is 14.5 Å². The van der Waals surface area contributed by atoms with Crippen LogP contribution in [0.25, 0.3) is 0 Å². The van der Waals surface area contributed by atoms with Crippen LogP contribution in [0.1, 0.15) is 23.7 Å². The molecular formula is C20H20N2O3. The van der Waals surface area contributed by atoms with Gasteiger partial charge in [0.25, 0.3) is 5.91 Å². The van der Waals surface area contributed by atoms with Crippen LogP contribution >= 0.6 is 0 Å². The summed E-state index contributed by atoms with van der Waals surface area (Å²) < 4.78 is 5.83. The topological polar surface area (TPSA) is 51.1 Å². The minimum Gasteiger partial charge on any atom is -0.382 e. The average molecular weight is 336 g/mol. The summed E-state index contributed by atoms with van der Waals surface area (Å²) in [6, 6.07) is 19.8. The van der Waals surface area contributed by atoms with Crippen LogP contribution in [0.15, 0.2) is 65.8 Å². The lowest BCUT2D eigenvalue weighted by Crippen LogP contribution is -2.46. The zero-order valence-corrected chi connectivity index (χ0v) is 13.9. The molecule has 1 saturated heterocycles. The number of amides is 1. The number of nitrogens with zero attached hydrogens (tertiary/aromatic N) is 2. The van der Waals surface area contributed by atoms with Crippen molar-refractivity contribution >= 4 is 11.6 Å². The van der Waals surface area contributed by atoms with Crippen LogP contribution < -0.4 is 0 Å². The maximum absolute atomic E-state index is 12.8. The molecule has 2 aromatic rings. The minimum absolute atomic E-state index is 0.0149. The molecule has 2 aliphatic rings. The molecule has 0 N–H and O–H groups in total. The Morgan fingerprint density at radius 3 is 2.52 bits per heavy atom. The molecule has 0 radical (unpaired) electrons. The first-order valence-electron chi connectivity index (χ1n) is 8.55. The summed E-state index contributed by atoms with van der Waals surface area (Å²) in [5.41, 5.74) is 2.92. The van der Waals surface area contributed by atoms with E-state index in [1.165, 1.54) is 0 Å². The highest BCUT2D eigenvalue weighted by Crippen LogP contribution is 2.24. The van der Waals surface area contributed by atoms with Gasteiger partial charge in [-0.05, 0) is 11.1 Å². The molecule has 2 aliphatic heterocycles. The van der Waals surface area contributed by atoms with Crippen molar-refractivity contribution in [1.29, 1.82) is 0 Å². The molecule has 25 heavy (non-hydrogen) atoms. The van der Waals surface area contributed by atoms with Crippen molar-refractivity contribution in [3.05, 3.63) is 71.8 Å². The molecule has 5 heteroatoms. The molecule has 0 spiro atoms. The number of carbonyl (C=O) groups excluding carboxylic acids is 1. The number of oxime groups is 1. The lowest BCUT2D eigenvalue weighted by Gasteiger charge is -2.34. The number of morpholine rings is 1. The second kappa shape index (κ2) is 7.07. The fourth-order valence-electron chi connectivity index (χ4n) is 3.23. The number of hydrogen-bond donors (Lipinski definition) is 0. The third-order valence-electron chi connectivity index (χ3n) is 4.60. The highest BCUT2D eigenvalue weighted by molar-refractivity contribution is 6.04. The third kappa shape index (κ3) is 3.42. The molecule has 2 heterocycles. The summed E-state index contributed by atoms with van der Waals surface area (Å²) in [5.74, 6) is -0.0149. The van der Waals surface area contributed by atoms with Gasteiger partial charge in [-0.15, -0.1) is 0 Å². The molecule has 2 aromatic carbocycles. The van der Waals surface area contributed by atoms with Crippen molar-refractivity contribution in [2.45, 2.75) is 18.6 Å². The molecule has 2 unspecified atom stereocenters. The van der Waals surface area contributed by atoms with Crippen molar-refractivity contribution in [1.82, 2.24) is 4.90 Å². The number of hydrogen-bond acceptors (Lipinski definition) is 4. The largest absolute Gasteiger partial charge is 0.382 e. The molecule has 5 nitrogen and oxygen atoms in total. The van der Waals surface area contributed by atoms with E-state index < -0.39 is 6.10 Å². The van der Waals surface area contributed by atoms with Gasteiger partial charge in [0.2, 0.25) is 6.10 Å². The molecule has 128 valence electrons. The van der Waals surface area contributed by atoms with Gasteiger partial charge in [0.1, 0.15) is 6.10 Å². The number of rotatable bonds is 3. The van der Waals surface area contributed by atoms with Gasteiger partial charge in [-0.3, -0.25) is 4.79 Å². The van der Waals surface area contributed by atoms with Gasteiger partial charge in [-0.2, -0.15) is 0 Å². The highest BCUT2D eigenvalue weighted by Gasteiger charge is 2.35. The lowest BCUT2D eigenvalue weighted by molar-refractivity contribution is -0.149. The number of ether oxygens (including phenoxy) is 1. The van der Waals surface area contributed by atoms with E-state index in [1.54, 1.807) is 0 Å². The van der Waals surface area contributed by atoms with Crippen molar-refractivity contribution in [3.63, 3.8) is 0 Å². The summed E-state index contributed by atoms with van der Waals surface area (Å²) in [5, 5.41) is 4.12. The van der Waals surface area contributed by atoms with Gasteiger partial charge in [0.05, 0.1) is 18.9 Å². The molecule has 1 amide bonds. The summed E-state index contributed by atoms with van der Waals surface area (Å²) in [6.45, 7) is 1.66. The molecule has 1 fully saturated rings. The van der Waals surface area contributed by atoms with Crippen LogP contribution in [0.5, 0.6) is 0 Å². The highest BCUT2D eigenvalue weighted by atomic mass is 16.6. The van der Waals surface area contributed by atoms with Gasteiger partial charge in [0.15, 0.2) is 0 Å². The molecule has 4 rings (SSSR count). The fourth-order valence-corrected chi connectivity index (χ4v) is 3.23. The Bertz CT molecular complexity index is 761. The first-order chi connectivity index (χ1) is 12.3. The van der Waals surface area contributed by atoms with Crippen LogP contribution in [0.4, 0.5) is 0 Å². The first kappa shape index (κ1) is 15.8. The van der Waals surface area contributed by atoms with Crippen molar-refractivity contribution in [3.8, 4) is 0 Å². The van der Waals surface area contributed by atoms with E-state index in [1.807, 2.05) is 65.6 Å². The standard InChI is InChI=1S/C20H20N2O3/c23-20(18-13-17(21-25-18)15-7-3-1-4-8-15)22-11-12-24-19(14-22)16-9-5-2-6-10-16/h1-10,18-19H,11-14H2. The molecule has 0 aliphatic carbocycles. The van der Waals surface area contributed by atoms with Crippen LogP contribution in [0, 0.1) is 0 Å². The Balaban J connectivity index is 1.40. The summed E-state index contributed by atoms with van der Waals surface area (Å²) in [6.07, 6.45) is -0.115. The molecule has 0 saturated carbocycles. The Morgan fingerprint density at radius 1 is 1.04 bits per heavy atom. The quantitative estimate of drug-likeness (QED) is 0.866. The average Bonchev–Trinajstić information content (AvgIpc) is 3.19. The minimum atomic E-state index is -0.537. The monoisotopic (exact) mass is 336 g/mol. The molecule has 2 atom stereocenters. The van der Waals surface area contributed by atoms with E-state index in [4.69, 9.17) is 9.57 Å². The van der Waals surface area contributed by atoms with Crippen LogP contribution in [0.2, 0.25) is 0 Å². The second-order valence-corrected chi connectivity index (χ2v) is 6.26. The molecular weight excluding hydrogens is 316 g/mol. The SMILES string of the molecule is O=C(C1CC(c2ccccc2)=NO1)N1CCOC(c2ccccc2)C1. The summed E-state index contributed by atoms with van der Waals surface area (Å²) in [4.78, 5) is 20.1. The van der Waals surface area contributed by atoms with E-state index in [-0.39, 0.29) is 12.0 Å². The van der Waals surface area contributed by atoms with Crippen LogP contribution in [-0.2, 0) is 14.4 Å². The van der Waals surface area contributed by atoms with Crippen LogP contribution in [-0.4, -0.2) is 42.3 Å². The lowest BCUT2D eigenvalue weighted by atomic mass is 10.0. The normalized spacial score (nSPS) is 23.0. The third-order valence-corrected chi connectivity index (χ3v) is 4.60. The number of carbonyl (C=O) groups is 1. The van der Waals surface area contributed by atoms with Crippen molar-refractivity contribution in [2.24, 2.45) is 5.16 Å². The zero-order chi connectivity index (χ0) is 17.1. The van der Waals surface area contributed by atoms with E-state index in [0.29, 0.717) is 26.1 Å². The molecule has 0 aromatic heterocycles. The Morgan fingerprint density at radius 2 is 1.76 bits per heavy atom. The zero-order valence-electron chi connectivity index (χ0n) is 13.9. The van der Waals surface area contributed by atoms with E-state index >= 15 is 0 Å². The summed E-state index contributed by atoms with van der Waals surface area (Å²) >= 11 is 0. The summed E-state index contributed by atoms with van der Waals surface area (Å²) in [7, 11) is 0. The predicted octanol–water partition coefficient (Wildman–Crippen LogP) is 2.78. The molecule has 0 bridgehead atoms. The van der Waals surface area contributed by atoms with E-state index in [0.717, 1.165) is 16.8 Å². The van der Waals surface area contributed by atoms with Gasteiger partial charge in [-0.25, -0.2) is 0 Å². The van der Waals surface area contributed by atoms with Gasteiger partial charge in [0, 0.05) is 13.0 Å². The van der Waals surface area contributed by atoms with E-state index in [2.05, 4.69) is 5.16 Å². The predicted molar refractivity (Wildman–Crippen MR) is 94.2 cm³/mol. The fraction of sp³-hybridized carbons (Fsp3) is 0.300. The Hall–Kier alpha value is -2.66. The van der Waals surface area contributed by atoms with Crippen molar-refractivity contribution in [2.75, 3.05) is 19.7 Å². The smallest absolute Gasteiger partial charge is 0.267 e. The van der Waals surface area contributed by atoms with Crippen LogP contribution in [0.3, 0.4) is 0 Å². The number of benzene rings is 2. The Kier molecular flexibility index (Phi) is 4.48. The maximum atomic E-state index is 12.8. The second-order valence-electron chi connectivity index (χ2n) is 6.26. The van der Waals surface area contributed by atoms with Gasteiger partial charge in [-0.1, -0.05) is 65.8 Å².